The van der Waals surface area contributed by atoms with Crippen LogP contribution in [-0.4, -0.2) is 65.3 Å². The highest BCUT2D eigenvalue weighted by atomic mass is 16.6. The molecule has 2 aromatic rings. The van der Waals surface area contributed by atoms with E-state index in [4.69, 9.17) is 9.47 Å². The zero-order valence-corrected chi connectivity index (χ0v) is 17.5. The Labute approximate surface area is 175 Å². The number of pyridine rings is 1. The van der Waals surface area contributed by atoms with Crippen LogP contribution in [0.2, 0.25) is 0 Å². The molecule has 2 fully saturated rings. The van der Waals surface area contributed by atoms with Gasteiger partial charge in [0.15, 0.2) is 0 Å². The molecule has 0 aromatic carbocycles. The van der Waals surface area contributed by atoms with Gasteiger partial charge in [0.25, 0.3) is 0 Å². The second-order valence-electron chi connectivity index (χ2n) is 8.07. The van der Waals surface area contributed by atoms with Crippen molar-refractivity contribution in [2.24, 2.45) is 0 Å². The highest BCUT2D eigenvalue weighted by Gasteiger charge is 2.39. The molecule has 0 saturated carbocycles. The molecule has 0 N–H and O–H groups in total. The van der Waals surface area contributed by atoms with Gasteiger partial charge in [-0.1, -0.05) is 0 Å². The van der Waals surface area contributed by atoms with E-state index in [0.29, 0.717) is 25.5 Å². The van der Waals surface area contributed by atoms with Crippen LogP contribution >= 0.6 is 0 Å². The summed E-state index contributed by atoms with van der Waals surface area (Å²) in [4.78, 5) is 32.5. The summed E-state index contributed by atoms with van der Waals surface area (Å²) in [5, 5.41) is 0. The van der Waals surface area contributed by atoms with Crippen molar-refractivity contribution in [3.8, 4) is 5.88 Å². The van der Waals surface area contributed by atoms with Gasteiger partial charge in [-0.15, -0.1) is 0 Å². The topological polar surface area (TPSA) is 83.9 Å². The first-order chi connectivity index (χ1) is 14.5. The lowest BCUT2D eigenvalue weighted by Gasteiger charge is -2.40. The summed E-state index contributed by atoms with van der Waals surface area (Å²) in [6.07, 6.45) is 2.48. The van der Waals surface area contributed by atoms with Crippen LogP contribution in [0.1, 0.15) is 36.5 Å². The third-order valence-corrected chi connectivity index (χ3v) is 6.12. The minimum absolute atomic E-state index is 0.0932. The number of fused-ring (bicyclic) bond motifs is 1. The molecule has 3 aliphatic heterocycles. The first-order valence-corrected chi connectivity index (χ1v) is 10.4. The molecular formula is C21H26N6O3. The van der Waals surface area contributed by atoms with Gasteiger partial charge in [-0.2, -0.15) is 0 Å². The molecule has 9 nitrogen and oxygen atoms in total. The second kappa shape index (κ2) is 7.30. The van der Waals surface area contributed by atoms with E-state index >= 15 is 0 Å². The van der Waals surface area contributed by atoms with Gasteiger partial charge in [0, 0.05) is 36.6 Å². The van der Waals surface area contributed by atoms with Gasteiger partial charge >= 0.3 is 6.09 Å². The molecule has 2 saturated heterocycles. The molecule has 30 heavy (non-hydrogen) atoms. The number of hydrogen-bond acceptors (Lipinski definition) is 8. The maximum Gasteiger partial charge on any atom is 0.411 e. The normalized spacial score (nSPS) is 20.5. The summed E-state index contributed by atoms with van der Waals surface area (Å²) in [6.45, 7) is 7.75. The zero-order valence-electron chi connectivity index (χ0n) is 17.5. The fraction of sp³-hybridized carbons (Fsp3) is 0.524. The number of hydrogen-bond donors (Lipinski definition) is 0. The Morgan fingerprint density at radius 3 is 2.70 bits per heavy atom. The van der Waals surface area contributed by atoms with Gasteiger partial charge in [0.1, 0.15) is 17.7 Å². The van der Waals surface area contributed by atoms with Gasteiger partial charge in [-0.25, -0.2) is 19.7 Å². The van der Waals surface area contributed by atoms with Crippen LogP contribution in [0.4, 0.5) is 16.3 Å². The molecule has 158 valence electrons. The monoisotopic (exact) mass is 410 g/mol. The summed E-state index contributed by atoms with van der Waals surface area (Å²) in [5.41, 5.74) is 3.02. The number of amides is 1. The fourth-order valence-electron chi connectivity index (χ4n) is 4.26. The van der Waals surface area contributed by atoms with Crippen LogP contribution in [-0.2, 0) is 11.3 Å². The van der Waals surface area contributed by atoms with Crippen LogP contribution in [0.15, 0.2) is 18.3 Å². The van der Waals surface area contributed by atoms with Crippen LogP contribution in [0, 0.1) is 6.92 Å². The largest absolute Gasteiger partial charge is 0.481 e. The number of carbonyl (C=O) groups is 1. The number of carbonyl (C=O) groups excluding carboxylic acids is 1. The molecular weight excluding hydrogens is 384 g/mol. The van der Waals surface area contributed by atoms with Crippen LogP contribution in [0.25, 0.3) is 0 Å². The molecule has 1 atom stereocenters. The van der Waals surface area contributed by atoms with E-state index < -0.39 is 0 Å². The molecule has 0 spiro atoms. The maximum absolute atomic E-state index is 12.9. The molecule has 2 aromatic heterocycles. The fourth-order valence-corrected chi connectivity index (χ4v) is 4.26. The molecule has 5 heterocycles. The Morgan fingerprint density at radius 1 is 1.20 bits per heavy atom. The summed E-state index contributed by atoms with van der Waals surface area (Å²) < 4.78 is 11.0. The van der Waals surface area contributed by atoms with Crippen molar-refractivity contribution in [3.63, 3.8) is 0 Å². The van der Waals surface area contributed by atoms with Crippen molar-refractivity contribution in [1.82, 2.24) is 19.9 Å². The van der Waals surface area contributed by atoms with Crippen LogP contribution in [0.5, 0.6) is 5.88 Å². The van der Waals surface area contributed by atoms with Crippen molar-refractivity contribution in [2.75, 3.05) is 43.1 Å². The summed E-state index contributed by atoms with van der Waals surface area (Å²) in [7, 11) is 1.60. The lowest BCUT2D eigenvalue weighted by atomic mass is 10.1. The summed E-state index contributed by atoms with van der Waals surface area (Å²) in [5.74, 6) is 2.31. The van der Waals surface area contributed by atoms with Gasteiger partial charge in [-0.3, -0.25) is 4.90 Å². The van der Waals surface area contributed by atoms with Crippen molar-refractivity contribution in [2.45, 2.75) is 39.0 Å². The van der Waals surface area contributed by atoms with E-state index in [1.54, 1.807) is 18.2 Å². The highest BCUT2D eigenvalue weighted by Crippen LogP contribution is 2.39. The first kappa shape index (κ1) is 18.9. The molecule has 1 amide bonds. The number of methoxy groups -OCH3 is 1. The van der Waals surface area contributed by atoms with E-state index in [9.17, 15) is 4.79 Å². The number of rotatable bonds is 4. The molecule has 0 aliphatic carbocycles. The number of aryl methyl sites for hydroxylation is 1. The minimum Gasteiger partial charge on any atom is -0.481 e. The predicted molar refractivity (Wildman–Crippen MR) is 111 cm³/mol. The van der Waals surface area contributed by atoms with E-state index in [1.165, 1.54) is 6.42 Å². The molecule has 0 unspecified atom stereocenters. The summed E-state index contributed by atoms with van der Waals surface area (Å²) in [6, 6.07) is 3.72. The first-order valence-electron chi connectivity index (χ1n) is 10.4. The van der Waals surface area contributed by atoms with Gasteiger partial charge in [-0.05, 0) is 26.3 Å². The number of aromatic nitrogens is 3. The predicted octanol–water partition coefficient (Wildman–Crippen LogP) is 2.30. The number of nitrogens with zero attached hydrogens (tertiary/aromatic N) is 6. The Bertz CT molecular complexity index is 973. The lowest BCUT2D eigenvalue weighted by Crippen LogP contribution is -2.54. The Hall–Kier alpha value is -3.10. The Balaban J connectivity index is 1.23. The van der Waals surface area contributed by atoms with E-state index in [1.807, 2.05) is 26.0 Å². The Morgan fingerprint density at radius 2 is 2.00 bits per heavy atom. The van der Waals surface area contributed by atoms with Crippen LogP contribution < -0.4 is 14.5 Å². The van der Waals surface area contributed by atoms with Crippen molar-refractivity contribution < 1.29 is 14.3 Å². The van der Waals surface area contributed by atoms with Crippen LogP contribution in [0.3, 0.4) is 0 Å². The molecule has 3 aliphatic rings. The minimum atomic E-state index is -0.287. The Kier molecular flexibility index (Phi) is 4.60. The second-order valence-corrected chi connectivity index (χ2v) is 8.07. The van der Waals surface area contributed by atoms with E-state index in [0.717, 1.165) is 41.7 Å². The van der Waals surface area contributed by atoms with E-state index in [-0.39, 0.29) is 18.2 Å². The quantitative estimate of drug-likeness (QED) is 0.759. The number of anilines is 2. The highest BCUT2D eigenvalue weighted by molar-refractivity contribution is 5.71. The summed E-state index contributed by atoms with van der Waals surface area (Å²) >= 11 is 0. The van der Waals surface area contributed by atoms with E-state index in [2.05, 4.69) is 24.8 Å². The lowest BCUT2D eigenvalue weighted by molar-refractivity contribution is 0.0426. The van der Waals surface area contributed by atoms with Crippen molar-refractivity contribution in [1.29, 1.82) is 0 Å². The average Bonchev–Trinajstić information content (AvgIpc) is 2.99. The van der Waals surface area contributed by atoms with Crippen molar-refractivity contribution in [3.05, 3.63) is 35.4 Å². The SMILES string of the molecule is COc1cc(N2CC(OC(=O)N3Cc4nc(C)nc(N5CCC5)c4[C@H]3C)C2)ccn1. The molecule has 9 heteroatoms. The molecule has 0 radical (unpaired) electrons. The van der Waals surface area contributed by atoms with Gasteiger partial charge in [0.05, 0.1) is 38.5 Å². The zero-order chi connectivity index (χ0) is 20.8. The maximum atomic E-state index is 12.9. The van der Waals surface area contributed by atoms with Gasteiger partial charge in [0.2, 0.25) is 5.88 Å². The third kappa shape index (κ3) is 3.18. The third-order valence-electron chi connectivity index (χ3n) is 6.12. The number of ether oxygens (including phenoxy) is 2. The smallest absolute Gasteiger partial charge is 0.411 e. The molecule has 5 rings (SSSR count). The standard InChI is InChI=1S/C21H26N6O3/c1-13-19-17(23-14(2)24-20(19)25-7-4-8-25)12-27(13)21(28)30-16-10-26(11-16)15-5-6-22-18(9-15)29-3/h5-6,9,13,16H,4,7-8,10-12H2,1-3H3/t13-/m1/s1. The van der Waals surface area contributed by atoms with Gasteiger partial charge < -0.3 is 19.3 Å². The van der Waals surface area contributed by atoms with Crippen molar-refractivity contribution >= 4 is 17.6 Å². The average molecular weight is 410 g/mol. The molecule has 0 bridgehead atoms.